The van der Waals surface area contributed by atoms with Gasteiger partial charge in [0.15, 0.2) is 0 Å². The molecule has 1 atom stereocenters. The van der Waals surface area contributed by atoms with Gasteiger partial charge in [-0.2, -0.15) is 0 Å². The second kappa shape index (κ2) is 9.27. The maximum Gasteiger partial charge on any atom is 0.253 e. The first kappa shape index (κ1) is 23.2. The summed E-state index contributed by atoms with van der Waals surface area (Å²) in [7, 11) is 0. The first-order chi connectivity index (χ1) is 16.4. The lowest BCUT2D eigenvalue weighted by Gasteiger charge is -2.50. The van der Waals surface area contributed by atoms with Crippen molar-refractivity contribution in [1.29, 1.82) is 0 Å². The zero-order chi connectivity index (χ0) is 23.8. The second-order valence-corrected chi connectivity index (χ2v) is 10.3. The van der Waals surface area contributed by atoms with Crippen LogP contribution in [0.15, 0.2) is 36.7 Å². The zero-order valence-electron chi connectivity index (χ0n) is 20.4. The lowest BCUT2D eigenvalue weighted by atomic mass is 9.87. The van der Waals surface area contributed by atoms with E-state index in [-0.39, 0.29) is 19.0 Å². The van der Waals surface area contributed by atoms with Crippen LogP contribution < -0.4 is 4.90 Å². The van der Waals surface area contributed by atoms with Gasteiger partial charge in [0.1, 0.15) is 0 Å². The van der Waals surface area contributed by atoms with Crippen LogP contribution in [0.1, 0.15) is 74.8 Å². The maximum atomic E-state index is 13.3. The summed E-state index contributed by atoms with van der Waals surface area (Å²) in [5.74, 6) is 0.815. The molecule has 7 heteroatoms. The highest BCUT2D eigenvalue weighted by molar-refractivity contribution is 5.94. The molecule has 7 nitrogen and oxygen atoms in total. The largest absolute Gasteiger partial charge is 0.385 e. The fourth-order valence-electron chi connectivity index (χ4n) is 6.03. The summed E-state index contributed by atoms with van der Waals surface area (Å²) < 4.78 is 6.59. The number of anilines is 1. The van der Waals surface area contributed by atoms with Crippen LogP contribution in [0.5, 0.6) is 0 Å². The minimum Gasteiger partial charge on any atom is -0.385 e. The normalized spacial score (nSPS) is 23.9. The molecule has 1 saturated carbocycles. The van der Waals surface area contributed by atoms with Gasteiger partial charge < -0.3 is 19.6 Å². The summed E-state index contributed by atoms with van der Waals surface area (Å²) in [5, 5.41) is 11.0. The number of nitrogens with zero attached hydrogens (tertiary/aromatic N) is 4. The van der Waals surface area contributed by atoms with Gasteiger partial charge in [-0.15, -0.1) is 0 Å². The van der Waals surface area contributed by atoms with Crippen LogP contribution >= 0.6 is 0 Å². The fourth-order valence-corrected chi connectivity index (χ4v) is 6.03. The average molecular weight is 467 g/mol. The molecule has 1 spiro atoms. The number of hydrogen-bond donors (Lipinski definition) is 1. The molecule has 1 aromatic heterocycles. The lowest BCUT2D eigenvalue weighted by Crippen LogP contribution is -2.60. The highest BCUT2D eigenvalue weighted by Crippen LogP contribution is 2.40. The number of carbonyl (C=O) groups is 1. The molecule has 0 bridgehead atoms. The number of piperidine rings is 1. The van der Waals surface area contributed by atoms with E-state index in [2.05, 4.69) is 21.8 Å². The summed E-state index contributed by atoms with van der Waals surface area (Å²) in [6.07, 6.45) is 9.96. The van der Waals surface area contributed by atoms with Crippen LogP contribution in [0.25, 0.3) is 0 Å². The van der Waals surface area contributed by atoms with Crippen LogP contribution in [0.2, 0.25) is 0 Å². The van der Waals surface area contributed by atoms with Crippen LogP contribution in [0.3, 0.4) is 0 Å². The van der Waals surface area contributed by atoms with Crippen molar-refractivity contribution in [2.24, 2.45) is 0 Å². The number of likely N-dealkylation sites (tertiary alicyclic amines) is 1. The number of morpholine rings is 1. The number of aliphatic hydroxyl groups is 1. The van der Waals surface area contributed by atoms with E-state index < -0.39 is 5.60 Å². The molecule has 34 heavy (non-hydrogen) atoms. The van der Waals surface area contributed by atoms with Gasteiger partial charge in [-0.1, -0.05) is 25.8 Å². The van der Waals surface area contributed by atoms with Gasteiger partial charge >= 0.3 is 0 Å². The Balaban J connectivity index is 0.00000289. The van der Waals surface area contributed by atoms with Crippen LogP contribution in [0, 0.1) is 6.92 Å². The van der Waals surface area contributed by atoms with Gasteiger partial charge in [0, 0.05) is 39.0 Å². The van der Waals surface area contributed by atoms with Crippen molar-refractivity contribution in [3.8, 4) is 0 Å². The maximum absolute atomic E-state index is 13.3. The molecule has 2 saturated heterocycles. The van der Waals surface area contributed by atoms with Crippen molar-refractivity contribution < 1.29 is 16.1 Å². The molecule has 3 fully saturated rings. The van der Waals surface area contributed by atoms with E-state index in [0.717, 1.165) is 75.1 Å². The van der Waals surface area contributed by atoms with Gasteiger partial charge in [-0.25, -0.2) is 9.97 Å². The lowest BCUT2D eigenvalue weighted by molar-refractivity contribution is -0.130. The molecule has 3 aliphatic rings. The Kier molecular flexibility index (Phi) is 6.34. The number of rotatable bonds is 4. The minimum atomic E-state index is -0.731. The number of ether oxygens (including phenoxy) is 1. The van der Waals surface area contributed by atoms with E-state index >= 15 is 0 Å². The van der Waals surface area contributed by atoms with Crippen molar-refractivity contribution in [3.05, 3.63) is 53.3 Å². The van der Waals surface area contributed by atoms with E-state index in [1.54, 1.807) is 12.4 Å². The second-order valence-electron chi connectivity index (χ2n) is 10.3. The number of hydrogen-bond acceptors (Lipinski definition) is 6. The molecule has 184 valence electrons. The van der Waals surface area contributed by atoms with E-state index in [9.17, 15) is 9.90 Å². The van der Waals surface area contributed by atoms with E-state index in [1.165, 1.54) is 0 Å². The highest BCUT2D eigenvalue weighted by Gasteiger charge is 2.44. The van der Waals surface area contributed by atoms with Crippen LogP contribution in [-0.4, -0.2) is 63.8 Å². The first-order valence-electron chi connectivity index (χ1n) is 12.7. The third kappa shape index (κ3) is 4.43. The van der Waals surface area contributed by atoms with Gasteiger partial charge in [0.2, 0.25) is 5.95 Å². The SMILES string of the molecule is CCC1CN(c2ncccn2)CC2(CCN(C(=O)c3ccc(C4(O)CCCC4)c(C)c3)CC2)O1.[HH]. The van der Waals surface area contributed by atoms with Gasteiger partial charge in [-0.05, 0) is 68.4 Å². The number of aromatic nitrogens is 2. The van der Waals surface area contributed by atoms with Crippen molar-refractivity contribution in [2.75, 3.05) is 31.1 Å². The topological polar surface area (TPSA) is 78.8 Å². The summed E-state index contributed by atoms with van der Waals surface area (Å²) in [6, 6.07) is 7.65. The predicted octanol–water partition coefficient (Wildman–Crippen LogP) is 4.08. The average Bonchev–Trinajstić information content (AvgIpc) is 3.31. The quantitative estimate of drug-likeness (QED) is 0.731. The summed E-state index contributed by atoms with van der Waals surface area (Å²) >= 11 is 0. The molecular weight excluding hydrogens is 428 g/mol. The van der Waals surface area contributed by atoms with Crippen molar-refractivity contribution in [2.45, 2.75) is 76.1 Å². The molecule has 5 rings (SSSR count). The van der Waals surface area contributed by atoms with Crippen LogP contribution in [-0.2, 0) is 10.3 Å². The Morgan fingerprint density at radius 1 is 1.18 bits per heavy atom. The Morgan fingerprint density at radius 3 is 2.53 bits per heavy atom. The number of benzene rings is 1. The van der Waals surface area contributed by atoms with E-state index in [4.69, 9.17) is 4.74 Å². The Bertz CT molecular complexity index is 1020. The fraction of sp³-hybridized carbons (Fsp3) is 0.593. The zero-order valence-corrected chi connectivity index (χ0v) is 20.4. The third-order valence-electron chi connectivity index (χ3n) is 7.98. The monoisotopic (exact) mass is 466 g/mol. The Hall–Kier alpha value is -2.51. The molecule has 1 unspecified atom stereocenters. The Labute approximate surface area is 203 Å². The molecule has 1 aromatic carbocycles. The molecule has 3 heterocycles. The van der Waals surface area contributed by atoms with Gasteiger partial charge in [-0.3, -0.25) is 4.79 Å². The smallest absolute Gasteiger partial charge is 0.253 e. The van der Waals surface area contributed by atoms with E-state index in [0.29, 0.717) is 18.7 Å². The molecule has 2 aromatic rings. The summed E-state index contributed by atoms with van der Waals surface area (Å²) in [6.45, 7) is 7.05. The summed E-state index contributed by atoms with van der Waals surface area (Å²) in [4.78, 5) is 26.4. The van der Waals surface area contributed by atoms with E-state index in [1.807, 2.05) is 36.1 Å². The molecule has 1 aliphatic carbocycles. The predicted molar refractivity (Wildman–Crippen MR) is 133 cm³/mol. The van der Waals surface area contributed by atoms with Gasteiger partial charge in [0.05, 0.1) is 23.9 Å². The third-order valence-corrected chi connectivity index (χ3v) is 7.98. The molecular formula is C27H38N4O3. The number of amides is 1. The molecule has 1 N–H and O–H groups in total. The standard InChI is InChI=1S/C27H36N4O3.H2/c1-3-22-18-31(25-28-13-6-14-29-25)19-26(34-22)11-15-30(16-12-26)24(32)21-7-8-23(20(2)17-21)27(33)9-4-5-10-27;/h6-8,13-14,17,22,33H,3-5,9-12,15-16,18-19H2,1-2H3;1H. The van der Waals surface area contributed by atoms with Crippen molar-refractivity contribution >= 4 is 11.9 Å². The van der Waals surface area contributed by atoms with Crippen molar-refractivity contribution in [1.82, 2.24) is 14.9 Å². The number of aryl methyl sites for hydroxylation is 1. The number of carbonyl (C=O) groups excluding carboxylic acids is 1. The first-order valence-corrected chi connectivity index (χ1v) is 12.7. The minimum absolute atomic E-state index is 0. The summed E-state index contributed by atoms with van der Waals surface area (Å²) in [5.41, 5.74) is 1.67. The van der Waals surface area contributed by atoms with Crippen molar-refractivity contribution in [3.63, 3.8) is 0 Å². The molecule has 0 radical (unpaired) electrons. The van der Waals surface area contributed by atoms with Crippen LogP contribution in [0.4, 0.5) is 5.95 Å². The molecule has 2 aliphatic heterocycles. The molecule has 1 amide bonds. The highest BCUT2D eigenvalue weighted by atomic mass is 16.5. The van der Waals surface area contributed by atoms with Gasteiger partial charge in [0.25, 0.3) is 5.91 Å². The Morgan fingerprint density at radius 2 is 1.88 bits per heavy atom.